The molecule has 0 N–H and O–H groups in total. The summed E-state index contributed by atoms with van der Waals surface area (Å²) < 4.78 is 32.1. The summed E-state index contributed by atoms with van der Waals surface area (Å²) in [7, 11) is -3.45. The smallest absolute Gasteiger partial charge is 0.244 e. The van der Waals surface area contributed by atoms with Crippen LogP contribution in [-0.2, 0) is 10.0 Å². The van der Waals surface area contributed by atoms with Crippen LogP contribution in [0.25, 0.3) is 0 Å². The molecular weight excluding hydrogens is 368 g/mol. The Morgan fingerprint density at radius 2 is 1.85 bits per heavy atom. The lowest BCUT2D eigenvalue weighted by molar-refractivity contribution is 0.341. The fourth-order valence-electron chi connectivity index (χ4n) is 2.48. The third kappa shape index (κ3) is 5.22. The fraction of sp³-hybridized carbons (Fsp3) is 0.421. The largest absolute Gasteiger partial charge is 0.492 e. The molecule has 7 heteroatoms. The van der Waals surface area contributed by atoms with Crippen LogP contribution in [0.4, 0.5) is 0 Å². The van der Waals surface area contributed by atoms with Crippen LogP contribution in [-0.4, -0.2) is 43.2 Å². The highest BCUT2D eigenvalue weighted by atomic mass is 32.2. The maximum atomic E-state index is 12.4. The van der Waals surface area contributed by atoms with Gasteiger partial charge in [0.2, 0.25) is 10.0 Å². The molecule has 0 aliphatic heterocycles. The predicted molar refractivity (Wildman–Crippen MR) is 106 cm³/mol. The van der Waals surface area contributed by atoms with Gasteiger partial charge in [0, 0.05) is 25.0 Å². The summed E-state index contributed by atoms with van der Waals surface area (Å²) in [5.74, 6) is 1.64. The van der Waals surface area contributed by atoms with Crippen molar-refractivity contribution in [3.63, 3.8) is 0 Å². The van der Waals surface area contributed by atoms with Crippen LogP contribution >= 0.6 is 11.8 Å². The summed E-state index contributed by atoms with van der Waals surface area (Å²) in [6.45, 7) is 9.19. The van der Waals surface area contributed by atoms with Crippen LogP contribution < -0.4 is 4.74 Å². The van der Waals surface area contributed by atoms with Gasteiger partial charge in [-0.1, -0.05) is 26.0 Å². The van der Waals surface area contributed by atoms with Crippen molar-refractivity contribution in [3.8, 4) is 5.75 Å². The SMILES string of the molecule is CCN(CC)S(=O)(=O)c1ccc(SCCOc2cc(C)ccc2C)nc1. The number of aryl methyl sites for hydroxylation is 2. The Labute approximate surface area is 160 Å². The van der Waals surface area contributed by atoms with E-state index in [-0.39, 0.29) is 4.90 Å². The van der Waals surface area contributed by atoms with Crippen LogP contribution in [0.2, 0.25) is 0 Å². The summed E-state index contributed by atoms with van der Waals surface area (Å²) in [5.41, 5.74) is 2.29. The minimum atomic E-state index is -3.45. The number of sulfonamides is 1. The molecular formula is C19H26N2O3S2. The van der Waals surface area contributed by atoms with Crippen molar-refractivity contribution < 1.29 is 13.2 Å². The third-order valence-electron chi connectivity index (χ3n) is 3.99. The first-order chi connectivity index (χ1) is 12.4. The zero-order chi connectivity index (χ0) is 19.2. The summed E-state index contributed by atoms with van der Waals surface area (Å²) in [4.78, 5) is 4.51. The van der Waals surface area contributed by atoms with Gasteiger partial charge in [-0.2, -0.15) is 4.31 Å². The van der Waals surface area contributed by atoms with Crippen LogP contribution in [0.1, 0.15) is 25.0 Å². The molecule has 1 heterocycles. The van der Waals surface area contributed by atoms with Crippen molar-refractivity contribution >= 4 is 21.8 Å². The van der Waals surface area contributed by atoms with E-state index in [1.807, 2.05) is 33.8 Å². The number of thioether (sulfide) groups is 1. The lowest BCUT2D eigenvalue weighted by Gasteiger charge is -2.18. The molecule has 0 aliphatic rings. The second-order valence-corrected chi connectivity index (χ2v) is 8.94. The third-order valence-corrected chi connectivity index (χ3v) is 6.93. The van der Waals surface area contributed by atoms with Crippen molar-refractivity contribution in [1.82, 2.24) is 9.29 Å². The molecule has 26 heavy (non-hydrogen) atoms. The van der Waals surface area contributed by atoms with Crippen molar-refractivity contribution in [2.24, 2.45) is 0 Å². The average Bonchev–Trinajstić information content (AvgIpc) is 2.62. The van der Waals surface area contributed by atoms with Gasteiger partial charge in [0.15, 0.2) is 0 Å². The molecule has 0 saturated heterocycles. The Bertz CT molecular complexity index is 817. The lowest BCUT2D eigenvalue weighted by atomic mass is 10.1. The van der Waals surface area contributed by atoms with Gasteiger partial charge in [-0.05, 0) is 43.2 Å². The maximum Gasteiger partial charge on any atom is 0.244 e. The molecule has 1 aromatic heterocycles. The lowest BCUT2D eigenvalue weighted by Crippen LogP contribution is -2.30. The minimum Gasteiger partial charge on any atom is -0.492 e. The normalized spacial score (nSPS) is 11.7. The van der Waals surface area contributed by atoms with Gasteiger partial charge >= 0.3 is 0 Å². The van der Waals surface area contributed by atoms with E-state index in [0.717, 1.165) is 22.1 Å². The number of hydrogen-bond donors (Lipinski definition) is 0. The van der Waals surface area contributed by atoms with E-state index in [1.54, 1.807) is 23.9 Å². The van der Waals surface area contributed by atoms with Crippen molar-refractivity contribution in [2.75, 3.05) is 25.4 Å². The molecule has 1 aromatic carbocycles. The van der Waals surface area contributed by atoms with Crippen molar-refractivity contribution in [3.05, 3.63) is 47.7 Å². The topological polar surface area (TPSA) is 59.5 Å². The van der Waals surface area contributed by atoms with E-state index >= 15 is 0 Å². The Morgan fingerprint density at radius 1 is 1.12 bits per heavy atom. The predicted octanol–water partition coefficient (Wildman–Crippen LogP) is 3.90. The first-order valence-corrected chi connectivity index (χ1v) is 11.1. The number of benzene rings is 1. The first kappa shape index (κ1) is 20.7. The molecule has 0 bridgehead atoms. The molecule has 2 aromatic rings. The van der Waals surface area contributed by atoms with Crippen LogP contribution in [0.3, 0.4) is 0 Å². The first-order valence-electron chi connectivity index (χ1n) is 8.67. The molecule has 0 saturated carbocycles. The zero-order valence-corrected chi connectivity index (χ0v) is 17.4. The van der Waals surface area contributed by atoms with E-state index in [2.05, 4.69) is 17.1 Å². The molecule has 0 radical (unpaired) electrons. The summed E-state index contributed by atoms with van der Waals surface area (Å²) >= 11 is 1.54. The average molecular weight is 395 g/mol. The van der Waals surface area contributed by atoms with Gasteiger partial charge in [-0.3, -0.25) is 0 Å². The number of nitrogens with zero attached hydrogens (tertiary/aromatic N) is 2. The Morgan fingerprint density at radius 3 is 2.46 bits per heavy atom. The maximum absolute atomic E-state index is 12.4. The zero-order valence-electron chi connectivity index (χ0n) is 15.7. The highest BCUT2D eigenvalue weighted by Crippen LogP contribution is 2.22. The number of hydrogen-bond acceptors (Lipinski definition) is 5. The van der Waals surface area contributed by atoms with Gasteiger partial charge < -0.3 is 4.74 Å². The van der Waals surface area contributed by atoms with E-state index in [1.165, 1.54) is 16.1 Å². The van der Waals surface area contributed by atoms with Gasteiger partial charge in [-0.15, -0.1) is 11.8 Å². The highest BCUT2D eigenvalue weighted by molar-refractivity contribution is 7.99. The number of rotatable bonds is 9. The van der Waals surface area contributed by atoms with Crippen molar-refractivity contribution in [2.45, 2.75) is 37.6 Å². The van der Waals surface area contributed by atoms with E-state index in [9.17, 15) is 8.42 Å². The number of aromatic nitrogens is 1. The summed E-state index contributed by atoms with van der Waals surface area (Å²) in [5, 5.41) is 0.785. The number of pyridine rings is 1. The van der Waals surface area contributed by atoms with Crippen LogP contribution in [0.15, 0.2) is 46.5 Å². The quantitative estimate of drug-likeness (QED) is 0.477. The Kier molecular flexibility index (Phi) is 7.49. The van der Waals surface area contributed by atoms with E-state index < -0.39 is 10.0 Å². The molecule has 5 nitrogen and oxygen atoms in total. The second-order valence-electron chi connectivity index (χ2n) is 5.89. The summed E-state index contributed by atoms with van der Waals surface area (Å²) in [6, 6.07) is 9.52. The second kappa shape index (κ2) is 9.39. The van der Waals surface area contributed by atoms with Gasteiger partial charge in [0.1, 0.15) is 10.6 Å². The molecule has 0 atom stereocenters. The highest BCUT2D eigenvalue weighted by Gasteiger charge is 2.21. The monoisotopic (exact) mass is 394 g/mol. The standard InChI is InChI=1S/C19H26N2O3S2/c1-5-21(6-2)26(22,23)17-9-10-19(20-14-17)25-12-11-24-18-13-15(3)7-8-16(18)4/h7-10,13-14H,5-6,11-12H2,1-4H3. The fourth-order valence-corrected chi connectivity index (χ4v) is 4.55. The molecule has 0 aliphatic carbocycles. The van der Waals surface area contributed by atoms with Crippen LogP contribution in [0.5, 0.6) is 5.75 Å². The van der Waals surface area contributed by atoms with E-state index in [4.69, 9.17) is 4.74 Å². The van der Waals surface area contributed by atoms with E-state index in [0.29, 0.717) is 19.7 Å². The molecule has 142 valence electrons. The van der Waals surface area contributed by atoms with Crippen LogP contribution in [0, 0.1) is 13.8 Å². The van der Waals surface area contributed by atoms with Crippen molar-refractivity contribution in [1.29, 1.82) is 0 Å². The molecule has 0 fully saturated rings. The Hall–Kier alpha value is -1.57. The van der Waals surface area contributed by atoms with Gasteiger partial charge in [0.25, 0.3) is 0 Å². The minimum absolute atomic E-state index is 0.234. The molecule has 0 spiro atoms. The van der Waals surface area contributed by atoms with Gasteiger partial charge in [0.05, 0.1) is 11.6 Å². The summed E-state index contributed by atoms with van der Waals surface area (Å²) in [6.07, 6.45) is 1.43. The molecule has 2 rings (SSSR count). The molecule has 0 amide bonds. The number of ether oxygens (including phenoxy) is 1. The Balaban J connectivity index is 1.90. The molecule has 0 unspecified atom stereocenters. The van der Waals surface area contributed by atoms with Gasteiger partial charge in [-0.25, -0.2) is 13.4 Å².